The van der Waals surface area contributed by atoms with Gasteiger partial charge in [0.2, 0.25) is 5.95 Å². The van der Waals surface area contributed by atoms with Crippen LogP contribution in [0.1, 0.15) is 25.7 Å². The molecule has 3 rings (SSSR count). The van der Waals surface area contributed by atoms with Gasteiger partial charge >= 0.3 is 0 Å². The van der Waals surface area contributed by atoms with E-state index in [-0.39, 0.29) is 5.69 Å². The van der Waals surface area contributed by atoms with Crippen molar-refractivity contribution in [2.75, 3.05) is 10.6 Å². The molecule has 1 aromatic heterocycles. The van der Waals surface area contributed by atoms with E-state index in [4.69, 9.17) is 0 Å². The lowest BCUT2D eigenvalue weighted by molar-refractivity contribution is 0.586. The van der Waals surface area contributed by atoms with Gasteiger partial charge in [-0.15, -0.1) is 5.10 Å². The van der Waals surface area contributed by atoms with Crippen LogP contribution in [0.3, 0.4) is 0 Å². The first kappa shape index (κ1) is 13.7. The summed E-state index contributed by atoms with van der Waals surface area (Å²) in [6.45, 7) is 0. The Balaban J connectivity index is 1.73. The van der Waals surface area contributed by atoms with Crippen LogP contribution >= 0.6 is 0 Å². The molecule has 1 aromatic carbocycles. The van der Waals surface area contributed by atoms with Gasteiger partial charge in [0.05, 0.1) is 11.9 Å². The summed E-state index contributed by atoms with van der Waals surface area (Å²) < 4.78 is 26.4. The van der Waals surface area contributed by atoms with E-state index in [1.165, 1.54) is 31.2 Å². The van der Waals surface area contributed by atoms with Crippen LogP contribution in [-0.2, 0) is 0 Å². The first-order valence-electron chi connectivity index (χ1n) is 6.89. The summed E-state index contributed by atoms with van der Waals surface area (Å²) in [6, 6.07) is 3.67. The number of hydrogen-bond acceptors (Lipinski definition) is 5. The van der Waals surface area contributed by atoms with Gasteiger partial charge in [-0.3, -0.25) is 0 Å². The van der Waals surface area contributed by atoms with Crippen molar-refractivity contribution < 1.29 is 8.78 Å². The average Bonchev–Trinajstić information content (AvgIpc) is 2.95. The topological polar surface area (TPSA) is 62.7 Å². The fourth-order valence-electron chi connectivity index (χ4n) is 2.41. The lowest BCUT2D eigenvalue weighted by Gasteiger charge is -2.12. The maximum atomic E-state index is 13.6. The van der Waals surface area contributed by atoms with Crippen LogP contribution in [0.15, 0.2) is 24.4 Å². The molecule has 0 saturated heterocycles. The van der Waals surface area contributed by atoms with Gasteiger partial charge in [0.25, 0.3) is 0 Å². The molecule has 1 saturated carbocycles. The Hall–Kier alpha value is -2.31. The monoisotopic (exact) mass is 291 g/mol. The van der Waals surface area contributed by atoms with Crippen molar-refractivity contribution >= 4 is 17.5 Å². The predicted octanol–water partition coefficient (Wildman–Crippen LogP) is 3.25. The Morgan fingerprint density at radius 3 is 2.71 bits per heavy atom. The van der Waals surface area contributed by atoms with Crippen molar-refractivity contribution in [3.05, 3.63) is 36.0 Å². The van der Waals surface area contributed by atoms with Gasteiger partial charge in [-0.1, -0.05) is 12.8 Å². The molecule has 0 amide bonds. The molecule has 0 bridgehead atoms. The maximum Gasteiger partial charge on any atom is 0.244 e. The number of rotatable bonds is 4. The molecule has 110 valence electrons. The van der Waals surface area contributed by atoms with Crippen molar-refractivity contribution in [1.82, 2.24) is 15.2 Å². The Bertz CT molecular complexity index is 629. The normalized spacial score (nSPS) is 15.1. The molecule has 21 heavy (non-hydrogen) atoms. The van der Waals surface area contributed by atoms with Crippen LogP contribution in [0.2, 0.25) is 0 Å². The molecule has 1 aliphatic carbocycles. The molecule has 0 atom stereocenters. The van der Waals surface area contributed by atoms with Crippen LogP contribution in [0.5, 0.6) is 0 Å². The molecule has 2 N–H and O–H groups in total. The number of benzene rings is 1. The van der Waals surface area contributed by atoms with E-state index in [9.17, 15) is 8.78 Å². The Kier molecular flexibility index (Phi) is 3.89. The van der Waals surface area contributed by atoms with Crippen molar-refractivity contribution in [2.45, 2.75) is 31.7 Å². The maximum absolute atomic E-state index is 13.6. The Morgan fingerprint density at radius 2 is 1.95 bits per heavy atom. The summed E-state index contributed by atoms with van der Waals surface area (Å²) in [5, 5.41) is 13.7. The van der Waals surface area contributed by atoms with E-state index in [1.807, 2.05) is 0 Å². The number of halogens is 2. The first-order valence-corrected chi connectivity index (χ1v) is 6.89. The highest BCUT2D eigenvalue weighted by Gasteiger charge is 2.16. The van der Waals surface area contributed by atoms with E-state index < -0.39 is 11.6 Å². The van der Waals surface area contributed by atoms with E-state index in [2.05, 4.69) is 25.8 Å². The average molecular weight is 291 g/mol. The minimum Gasteiger partial charge on any atom is -0.350 e. The van der Waals surface area contributed by atoms with Crippen molar-refractivity contribution in [3.8, 4) is 0 Å². The number of nitrogens with one attached hydrogen (secondary N) is 2. The van der Waals surface area contributed by atoms with Gasteiger partial charge < -0.3 is 10.6 Å². The van der Waals surface area contributed by atoms with Gasteiger partial charge in [0.1, 0.15) is 11.6 Å². The van der Waals surface area contributed by atoms with Crippen molar-refractivity contribution in [2.24, 2.45) is 0 Å². The second-order valence-electron chi connectivity index (χ2n) is 5.04. The summed E-state index contributed by atoms with van der Waals surface area (Å²) >= 11 is 0. The third-order valence-corrected chi connectivity index (χ3v) is 3.44. The van der Waals surface area contributed by atoms with Gasteiger partial charge in [-0.2, -0.15) is 10.1 Å². The summed E-state index contributed by atoms with van der Waals surface area (Å²) in [6.07, 6.45) is 5.97. The second-order valence-corrected chi connectivity index (χ2v) is 5.04. The van der Waals surface area contributed by atoms with Crippen molar-refractivity contribution in [1.29, 1.82) is 0 Å². The summed E-state index contributed by atoms with van der Waals surface area (Å²) in [4.78, 5) is 4.24. The summed E-state index contributed by atoms with van der Waals surface area (Å²) in [5.74, 6) is -0.535. The standard InChI is InChI=1S/C14H15F2N5/c15-9-5-6-12(11(16)7-9)19-13-8-17-21-14(20-13)18-10-3-1-2-4-10/h5-8,10H,1-4H2,(H2,18,19,20,21). The molecule has 7 heteroatoms. The molecule has 1 fully saturated rings. The zero-order chi connectivity index (χ0) is 14.7. The molecule has 0 spiro atoms. The van der Waals surface area contributed by atoms with Crippen LogP contribution in [0.25, 0.3) is 0 Å². The fraction of sp³-hybridized carbons (Fsp3) is 0.357. The lowest BCUT2D eigenvalue weighted by Crippen LogP contribution is -2.17. The molecular weight excluding hydrogens is 276 g/mol. The zero-order valence-electron chi connectivity index (χ0n) is 11.3. The Morgan fingerprint density at radius 1 is 1.14 bits per heavy atom. The predicted molar refractivity (Wildman–Crippen MR) is 75.3 cm³/mol. The van der Waals surface area contributed by atoms with E-state index in [0.29, 0.717) is 17.8 Å². The molecule has 2 aromatic rings. The molecular formula is C14H15F2N5. The van der Waals surface area contributed by atoms with Crippen LogP contribution in [-0.4, -0.2) is 21.2 Å². The minimum absolute atomic E-state index is 0.142. The highest BCUT2D eigenvalue weighted by Crippen LogP contribution is 2.22. The number of aromatic nitrogens is 3. The molecule has 0 radical (unpaired) electrons. The van der Waals surface area contributed by atoms with Gasteiger partial charge in [-0.25, -0.2) is 8.78 Å². The van der Waals surface area contributed by atoms with Gasteiger partial charge in [0.15, 0.2) is 5.82 Å². The molecule has 5 nitrogen and oxygen atoms in total. The Labute approximate surface area is 120 Å². The number of hydrogen-bond donors (Lipinski definition) is 2. The van der Waals surface area contributed by atoms with Crippen LogP contribution in [0, 0.1) is 11.6 Å². The molecule has 0 unspecified atom stereocenters. The SMILES string of the molecule is Fc1ccc(Nc2cnnc(NC3CCCC3)n2)c(F)c1. The van der Waals surface area contributed by atoms with E-state index in [1.54, 1.807) is 0 Å². The van der Waals surface area contributed by atoms with Crippen LogP contribution in [0.4, 0.5) is 26.2 Å². The largest absolute Gasteiger partial charge is 0.350 e. The number of anilines is 3. The van der Waals surface area contributed by atoms with E-state index in [0.717, 1.165) is 18.9 Å². The quantitative estimate of drug-likeness (QED) is 0.905. The van der Waals surface area contributed by atoms with E-state index >= 15 is 0 Å². The lowest BCUT2D eigenvalue weighted by atomic mass is 10.2. The van der Waals surface area contributed by atoms with Gasteiger partial charge in [0, 0.05) is 12.1 Å². The highest BCUT2D eigenvalue weighted by molar-refractivity contribution is 5.56. The third kappa shape index (κ3) is 3.42. The smallest absolute Gasteiger partial charge is 0.244 e. The van der Waals surface area contributed by atoms with Crippen molar-refractivity contribution in [3.63, 3.8) is 0 Å². The second kappa shape index (κ2) is 5.99. The molecule has 1 aliphatic rings. The molecule has 0 aliphatic heterocycles. The summed E-state index contributed by atoms with van der Waals surface area (Å²) in [5.41, 5.74) is 0.142. The highest BCUT2D eigenvalue weighted by atomic mass is 19.1. The molecule has 1 heterocycles. The third-order valence-electron chi connectivity index (χ3n) is 3.44. The number of nitrogens with zero attached hydrogens (tertiary/aromatic N) is 3. The minimum atomic E-state index is -0.682. The van der Waals surface area contributed by atoms with Gasteiger partial charge in [-0.05, 0) is 25.0 Å². The summed E-state index contributed by atoms with van der Waals surface area (Å²) in [7, 11) is 0. The zero-order valence-corrected chi connectivity index (χ0v) is 11.3. The fourth-order valence-corrected chi connectivity index (χ4v) is 2.41. The van der Waals surface area contributed by atoms with Crippen LogP contribution < -0.4 is 10.6 Å². The first-order chi connectivity index (χ1) is 10.2.